The lowest BCUT2D eigenvalue weighted by Crippen LogP contribution is -1.92. The first-order valence-corrected chi connectivity index (χ1v) is 5.99. The smallest absolute Gasteiger partial charge is 0.167 e. The number of halogens is 2. The van der Waals surface area contributed by atoms with Crippen molar-refractivity contribution in [1.82, 2.24) is 0 Å². The third-order valence-corrected chi connectivity index (χ3v) is 2.76. The lowest BCUT2D eigenvalue weighted by molar-refractivity contribution is 0.438. The van der Waals surface area contributed by atoms with E-state index in [-0.39, 0.29) is 11.6 Å². The number of hydrogen-bond acceptors (Lipinski definition) is 1. The van der Waals surface area contributed by atoms with Crippen LogP contribution < -0.4 is 4.74 Å². The molecule has 0 radical (unpaired) electrons. The van der Waals surface area contributed by atoms with Gasteiger partial charge in [-0.25, -0.2) is 4.39 Å². The Hall–Kier alpha value is -1.35. The van der Waals surface area contributed by atoms with Crippen molar-refractivity contribution in [2.24, 2.45) is 0 Å². The van der Waals surface area contributed by atoms with Gasteiger partial charge in [-0.2, -0.15) is 0 Å². The molecule has 82 valence electrons. The van der Waals surface area contributed by atoms with Gasteiger partial charge in [-0.05, 0) is 18.2 Å². The average Bonchev–Trinajstić information content (AvgIpc) is 2.33. The second kappa shape index (κ2) is 5.12. The number of ether oxygens (including phenoxy) is 1. The highest BCUT2D eigenvalue weighted by atomic mass is 79.9. The minimum atomic E-state index is -0.346. The Morgan fingerprint density at radius 2 is 1.75 bits per heavy atom. The number of alkyl halides is 1. The molecule has 2 aromatic carbocycles. The van der Waals surface area contributed by atoms with Crippen LogP contribution in [0.5, 0.6) is 11.5 Å². The fourth-order valence-electron chi connectivity index (χ4n) is 1.38. The fourth-order valence-corrected chi connectivity index (χ4v) is 1.82. The standard InChI is InChI=1S/C13H10BrFO/c14-9-10-5-4-8-12(15)13(10)16-11-6-2-1-3-7-11/h1-8H,9H2. The van der Waals surface area contributed by atoms with Crippen LogP contribution in [-0.2, 0) is 5.33 Å². The van der Waals surface area contributed by atoms with Crippen molar-refractivity contribution in [2.45, 2.75) is 5.33 Å². The van der Waals surface area contributed by atoms with Gasteiger partial charge in [0.2, 0.25) is 0 Å². The normalized spacial score (nSPS) is 10.1. The van der Waals surface area contributed by atoms with E-state index in [0.29, 0.717) is 11.1 Å². The fraction of sp³-hybridized carbons (Fsp3) is 0.0769. The van der Waals surface area contributed by atoms with Gasteiger partial charge in [-0.15, -0.1) is 0 Å². The van der Waals surface area contributed by atoms with E-state index in [1.165, 1.54) is 6.07 Å². The Morgan fingerprint density at radius 3 is 2.44 bits per heavy atom. The first-order valence-electron chi connectivity index (χ1n) is 4.87. The average molecular weight is 281 g/mol. The Bertz CT molecular complexity index is 471. The molecule has 0 aliphatic heterocycles. The first-order chi connectivity index (χ1) is 7.81. The molecule has 0 saturated carbocycles. The summed E-state index contributed by atoms with van der Waals surface area (Å²) in [4.78, 5) is 0. The van der Waals surface area contributed by atoms with Crippen LogP contribution in [-0.4, -0.2) is 0 Å². The molecule has 0 fully saturated rings. The van der Waals surface area contributed by atoms with Crippen LogP contribution in [0.4, 0.5) is 4.39 Å². The van der Waals surface area contributed by atoms with Crippen molar-refractivity contribution >= 4 is 15.9 Å². The van der Waals surface area contributed by atoms with Crippen LogP contribution in [0, 0.1) is 5.82 Å². The van der Waals surface area contributed by atoms with Gasteiger partial charge in [0.15, 0.2) is 11.6 Å². The van der Waals surface area contributed by atoms with Crippen molar-refractivity contribution in [3.05, 3.63) is 59.9 Å². The molecule has 3 heteroatoms. The van der Waals surface area contributed by atoms with E-state index in [1.807, 2.05) is 24.3 Å². The molecule has 0 aliphatic rings. The molecule has 0 amide bonds. The summed E-state index contributed by atoms with van der Waals surface area (Å²) in [6, 6.07) is 14.1. The summed E-state index contributed by atoms with van der Waals surface area (Å²) in [6.07, 6.45) is 0. The summed E-state index contributed by atoms with van der Waals surface area (Å²) < 4.78 is 19.1. The molecular formula is C13H10BrFO. The van der Waals surface area contributed by atoms with Gasteiger partial charge >= 0.3 is 0 Å². The molecule has 2 rings (SSSR count). The Kier molecular flexibility index (Phi) is 3.57. The number of hydrogen-bond donors (Lipinski definition) is 0. The molecule has 16 heavy (non-hydrogen) atoms. The van der Waals surface area contributed by atoms with Gasteiger partial charge in [0.1, 0.15) is 5.75 Å². The Balaban J connectivity index is 2.34. The molecule has 0 bridgehead atoms. The predicted octanol–water partition coefficient (Wildman–Crippen LogP) is 4.51. The molecule has 0 aromatic heterocycles. The summed E-state index contributed by atoms with van der Waals surface area (Å²) in [6.45, 7) is 0. The highest BCUT2D eigenvalue weighted by Crippen LogP contribution is 2.29. The zero-order valence-corrected chi connectivity index (χ0v) is 10.1. The van der Waals surface area contributed by atoms with E-state index in [1.54, 1.807) is 18.2 Å². The lowest BCUT2D eigenvalue weighted by Gasteiger charge is -2.10. The SMILES string of the molecule is Fc1cccc(CBr)c1Oc1ccccc1. The summed E-state index contributed by atoms with van der Waals surface area (Å²) >= 11 is 3.31. The maximum atomic E-state index is 13.6. The van der Waals surface area contributed by atoms with Gasteiger partial charge in [-0.1, -0.05) is 46.3 Å². The maximum absolute atomic E-state index is 13.6. The predicted molar refractivity (Wildman–Crippen MR) is 65.5 cm³/mol. The maximum Gasteiger partial charge on any atom is 0.167 e. The van der Waals surface area contributed by atoms with Crippen LogP contribution in [0.1, 0.15) is 5.56 Å². The molecule has 0 spiro atoms. The van der Waals surface area contributed by atoms with Gasteiger partial charge < -0.3 is 4.74 Å². The lowest BCUT2D eigenvalue weighted by atomic mass is 10.2. The summed E-state index contributed by atoms with van der Waals surface area (Å²) in [7, 11) is 0. The third kappa shape index (κ3) is 2.42. The van der Waals surface area contributed by atoms with E-state index in [2.05, 4.69) is 15.9 Å². The first kappa shape index (κ1) is 11.1. The van der Waals surface area contributed by atoms with Crippen molar-refractivity contribution in [3.63, 3.8) is 0 Å². The van der Waals surface area contributed by atoms with E-state index in [9.17, 15) is 4.39 Å². The van der Waals surface area contributed by atoms with Crippen LogP contribution in [0.2, 0.25) is 0 Å². The van der Waals surface area contributed by atoms with Crippen molar-refractivity contribution in [1.29, 1.82) is 0 Å². The molecule has 0 heterocycles. The van der Waals surface area contributed by atoms with E-state index >= 15 is 0 Å². The zero-order valence-electron chi connectivity index (χ0n) is 8.49. The van der Waals surface area contributed by atoms with Crippen LogP contribution in [0.15, 0.2) is 48.5 Å². The Labute approximate surface area is 102 Å². The van der Waals surface area contributed by atoms with Crippen molar-refractivity contribution < 1.29 is 9.13 Å². The molecular weight excluding hydrogens is 271 g/mol. The van der Waals surface area contributed by atoms with Crippen LogP contribution in [0.25, 0.3) is 0 Å². The molecule has 0 atom stereocenters. The highest BCUT2D eigenvalue weighted by Gasteiger charge is 2.09. The molecule has 0 unspecified atom stereocenters. The molecule has 2 aromatic rings. The van der Waals surface area contributed by atoms with E-state index < -0.39 is 0 Å². The van der Waals surface area contributed by atoms with Crippen LogP contribution >= 0.6 is 15.9 Å². The second-order valence-electron chi connectivity index (χ2n) is 3.28. The summed E-state index contributed by atoms with van der Waals surface area (Å²) in [5, 5.41) is 0.562. The van der Waals surface area contributed by atoms with E-state index in [0.717, 1.165) is 5.56 Å². The zero-order chi connectivity index (χ0) is 11.4. The van der Waals surface area contributed by atoms with Crippen molar-refractivity contribution in [3.8, 4) is 11.5 Å². The summed E-state index contributed by atoms with van der Waals surface area (Å²) in [5.74, 6) is 0.571. The van der Waals surface area contributed by atoms with Gasteiger partial charge in [0.05, 0.1) is 0 Å². The highest BCUT2D eigenvalue weighted by molar-refractivity contribution is 9.08. The minimum absolute atomic E-state index is 0.283. The van der Waals surface area contributed by atoms with Gasteiger partial charge in [0, 0.05) is 10.9 Å². The van der Waals surface area contributed by atoms with E-state index in [4.69, 9.17) is 4.74 Å². The van der Waals surface area contributed by atoms with Gasteiger partial charge in [-0.3, -0.25) is 0 Å². The molecule has 0 N–H and O–H groups in total. The van der Waals surface area contributed by atoms with Gasteiger partial charge in [0.25, 0.3) is 0 Å². The van der Waals surface area contributed by atoms with Crippen molar-refractivity contribution in [2.75, 3.05) is 0 Å². The van der Waals surface area contributed by atoms with Crippen LogP contribution in [0.3, 0.4) is 0 Å². The largest absolute Gasteiger partial charge is 0.454 e. The topological polar surface area (TPSA) is 9.23 Å². The molecule has 1 nitrogen and oxygen atoms in total. The monoisotopic (exact) mass is 280 g/mol. The minimum Gasteiger partial charge on any atom is -0.454 e. The number of rotatable bonds is 3. The number of para-hydroxylation sites is 2. The number of benzene rings is 2. The molecule has 0 saturated heterocycles. The summed E-state index contributed by atoms with van der Waals surface area (Å²) in [5.41, 5.74) is 0.795. The quantitative estimate of drug-likeness (QED) is 0.752. The second-order valence-corrected chi connectivity index (χ2v) is 3.84. The molecule has 0 aliphatic carbocycles. The third-order valence-electron chi connectivity index (χ3n) is 2.16. The Morgan fingerprint density at radius 1 is 1.00 bits per heavy atom.